The lowest BCUT2D eigenvalue weighted by atomic mass is 10.3. The van der Waals surface area contributed by atoms with Gasteiger partial charge in [0.2, 0.25) is 15.9 Å². The minimum atomic E-state index is -3.43. The summed E-state index contributed by atoms with van der Waals surface area (Å²) in [6.45, 7) is 4.87. The van der Waals surface area contributed by atoms with Gasteiger partial charge in [-0.05, 0) is 30.7 Å². The first-order valence-electron chi connectivity index (χ1n) is 6.60. The number of hydrogen-bond acceptors (Lipinski definition) is 4. The Morgan fingerprint density at radius 1 is 1.15 bits per heavy atom. The van der Waals surface area contributed by atoms with Gasteiger partial charge in [0.15, 0.2) is 0 Å². The molecule has 1 aromatic rings. The lowest BCUT2D eigenvalue weighted by molar-refractivity contribution is -0.119. The Kier molecular flexibility index (Phi) is 6.47. The predicted molar refractivity (Wildman–Crippen MR) is 79.1 cm³/mol. The van der Waals surface area contributed by atoms with Gasteiger partial charge < -0.3 is 10.6 Å². The van der Waals surface area contributed by atoms with E-state index in [2.05, 4.69) is 15.4 Å². The molecular weight excluding hydrogens is 278 g/mol. The first kappa shape index (κ1) is 16.5. The molecule has 112 valence electrons. The summed E-state index contributed by atoms with van der Waals surface area (Å²) in [5.41, 5.74) is 0.701. The molecule has 0 aromatic heterocycles. The first-order chi connectivity index (χ1) is 9.49. The third-order valence-corrected chi connectivity index (χ3v) is 4.09. The highest BCUT2D eigenvalue weighted by Gasteiger charge is 2.11. The summed E-state index contributed by atoms with van der Waals surface area (Å²) in [6, 6.07) is 6.28. The molecule has 0 radical (unpaired) electrons. The summed E-state index contributed by atoms with van der Waals surface area (Å²) in [6.07, 6.45) is 0.892. The summed E-state index contributed by atoms with van der Waals surface area (Å²) in [5.74, 6) is -0.0869. The molecule has 0 unspecified atom stereocenters. The first-order valence-corrected chi connectivity index (χ1v) is 8.08. The molecule has 0 heterocycles. The van der Waals surface area contributed by atoms with E-state index in [4.69, 9.17) is 0 Å². The average molecular weight is 299 g/mol. The second-order valence-corrected chi connectivity index (χ2v) is 6.00. The van der Waals surface area contributed by atoms with Gasteiger partial charge in [0.1, 0.15) is 0 Å². The van der Waals surface area contributed by atoms with E-state index in [1.165, 1.54) is 12.1 Å². The quantitative estimate of drug-likeness (QED) is 0.666. The Hall–Kier alpha value is -1.60. The van der Waals surface area contributed by atoms with Gasteiger partial charge in [-0.15, -0.1) is 0 Å². The van der Waals surface area contributed by atoms with Crippen LogP contribution in [0.25, 0.3) is 0 Å². The topological polar surface area (TPSA) is 87.3 Å². The maximum absolute atomic E-state index is 11.7. The van der Waals surface area contributed by atoms with Gasteiger partial charge in [-0.3, -0.25) is 4.79 Å². The van der Waals surface area contributed by atoms with E-state index in [-0.39, 0.29) is 17.3 Å². The fraction of sp³-hybridized carbons (Fsp3) is 0.462. The number of carbonyl (C=O) groups is 1. The van der Waals surface area contributed by atoms with Crippen molar-refractivity contribution in [2.75, 3.05) is 25.0 Å². The van der Waals surface area contributed by atoms with Crippen LogP contribution in [0.4, 0.5) is 5.69 Å². The molecule has 0 atom stereocenters. The van der Waals surface area contributed by atoms with Gasteiger partial charge in [0, 0.05) is 18.8 Å². The van der Waals surface area contributed by atoms with E-state index in [0.29, 0.717) is 18.8 Å². The van der Waals surface area contributed by atoms with Crippen molar-refractivity contribution >= 4 is 21.6 Å². The Morgan fingerprint density at radius 2 is 1.80 bits per heavy atom. The van der Waals surface area contributed by atoms with Crippen LogP contribution in [-0.2, 0) is 14.8 Å². The molecule has 6 nitrogen and oxygen atoms in total. The lowest BCUT2D eigenvalue weighted by Gasteiger charge is -2.08. The standard InChI is InChI=1S/C13H21N3O3S/c1-3-9-14-13(17)10-15-11-5-7-12(8-6-11)20(18,19)16-4-2/h5-8,15-16H,3-4,9-10H2,1-2H3,(H,14,17). The van der Waals surface area contributed by atoms with Crippen molar-refractivity contribution in [3.05, 3.63) is 24.3 Å². The van der Waals surface area contributed by atoms with Crippen molar-refractivity contribution in [3.63, 3.8) is 0 Å². The smallest absolute Gasteiger partial charge is 0.240 e. The average Bonchev–Trinajstić information content (AvgIpc) is 2.43. The molecule has 7 heteroatoms. The maximum atomic E-state index is 11.7. The normalized spacial score (nSPS) is 11.1. The number of amides is 1. The Bertz CT molecular complexity index is 526. The highest BCUT2D eigenvalue weighted by atomic mass is 32.2. The van der Waals surface area contributed by atoms with Crippen molar-refractivity contribution in [1.29, 1.82) is 0 Å². The Morgan fingerprint density at radius 3 is 2.35 bits per heavy atom. The van der Waals surface area contributed by atoms with Gasteiger partial charge in [0.05, 0.1) is 11.4 Å². The third kappa shape index (κ3) is 5.18. The zero-order valence-corrected chi connectivity index (χ0v) is 12.6. The highest BCUT2D eigenvalue weighted by molar-refractivity contribution is 7.89. The fourth-order valence-electron chi connectivity index (χ4n) is 1.53. The van der Waals surface area contributed by atoms with Crippen molar-refractivity contribution in [2.24, 2.45) is 0 Å². The molecule has 0 aliphatic rings. The number of rotatable bonds is 8. The summed E-state index contributed by atoms with van der Waals surface area (Å²) in [7, 11) is -3.43. The third-order valence-electron chi connectivity index (χ3n) is 2.52. The van der Waals surface area contributed by atoms with Crippen LogP contribution in [0.3, 0.4) is 0 Å². The molecule has 0 aliphatic carbocycles. The minimum Gasteiger partial charge on any atom is -0.376 e. The summed E-state index contributed by atoms with van der Waals surface area (Å²) in [5, 5.41) is 5.68. The van der Waals surface area contributed by atoms with E-state index >= 15 is 0 Å². The van der Waals surface area contributed by atoms with Crippen LogP contribution >= 0.6 is 0 Å². The van der Waals surface area contributed by atoms with Crippen LogP contribution in [-0.4, -0.2) is 34.0 Å². The molecule has 0 aliphatic heterocycles. The van der Waals surface area contributed by atoms with Crippen LogP contribution in [0.5, 0.6) is 0 Å². The van der Waals surface area contributed by atoms with Gasteiger partial charge in [0.25, 0.3) is 0 Å². The largest absolute Gasteiger partial charge is 0.376 e. The van der Waals surface area contributed by atoms with Crippen molar-refractivity contribution < 1.29 is 13.2 Å². The van der Waals surface area contributed by atoms with Crippen molar-refractivity contribution in [1.82, 2.24) is 10.0 Å². The molecular formula is C13H21N3O3S. The minimum absolute atomic E-state index is 0.0869. The maximum Gasteiger partial charge on any atom is 0.240 e. The number of nitrogens with one attached hydrogen (secondary N) is 3. The van der Waals surface area contributed by atoms with Gasteiger partial charge in [-0.2, -0.15) is 0 Å². The van der Waals surface area contributed by atoms with Gasteiger partial charge in [-0.1, -0.05) is 13.8 Å². The summed E-state index contributed by atoms with van der Waals surface area (Å²) >= 11 is 0. The predicted octanol–water partition coefficient (Wildman–Crippen LogP) is 0.923. The number of benzene rings is 1. The van der Waals surface area contributed by atoms with Crippen LogP contribution in [0, 0.1) is 0 Å². The van der Waals surface area contributed by atoms with E-state index < -0.39 is 10.0 Å². The zero-order valence-electron chi connectivity index (χ0n) is 11.8. The second-order valence-electron chi connectivity index (χ2n) is 4.23. The molecule has 0 fully saturated rings. The molecule has 0 saturated carbocycles. The van der Waals surface area contributed by atoms with E-state index in [0.717, 1.165) is 6.42 Å². The summed E-state index contributed by atoms with van der Waals surface area (Å²) in [4.78, 5) is 11.6. The van der Waals surface area contributed by atoms with Crippen molar-refractivity contribution in [2.45, 2.75) is 25.2 Å². The van der Waals surface area contributed by atoms with Crippen LogP contribution in [0.1, 0.15) is 20.3 Å². The number of anilines is 1. The second kappa shape index (κ2) is 7.86. The van der Waals surface area contributed by atoms with Crippen molar-refractivity contribution in [3.8, 4) is 0 Å². The molecule has 0 saturated heterocycles. The van der Waals surface area contributed by atoms with Gasteiger partial charge >= 0.3 is 0 Å². The van der Waals surface area contributed by atoms with Crippen LogP contribution in [0.2, 0.25) is 0 Å². The summed E-state index contributed by atoms with van der Waals surface area (Å²) < 4.78 is 25.9. The van der Waals surface area contributed by atoms with Gasteiger partial charge in [-0.25, -0.2) is 13.1 Å². The van der Waals surface area contributed by atoms with Crippen LogP contribution < -0.4 is 15.4 Å². The zero-order chi connectivity index (χ0) is 15.0. The van der Waals surface area contributed by atoms with Crippen LogP contribution in [0.15, 0.2) is 29.2 Å². The van der Waals surface area contributed by atoms with E-state index in [1.54, 1.807) is 19.1 Å². The molecule has 0 spiro atoms. The SMILES string of the molecule is CCCNC(=O)CNc1ccc(S(=O)(=O)NCC)cc1. The number of hydrogen-bond donors (Lipinski definition) is 3. The molecule has 3 N–H and O–H groups in total. The molecule has 0 bridgehead atoms. The van der Waals surface area contributed by atoms with E-state index in [9.17, 15) is 13.2 Å². The fourth-order valence-corrected chi connectivity index (χ4v) is 2.58. The number of carbonyl (C=O) groups excluding carboxylic acids is 1. The Labute approximate surface area is 120 Å². The highest BCUT2D eigenvalue weighted by Crippen LogP contribution is 2.13. The lowest BCUT2D eigenvalue weighted by Crippen LogP contribution is -2.30. The monoisotopic (exact) mass is 299 g/mol. The Balaban J connectivity index is 2.57. The molecule has 1 rings (SSSR count). The molecule has 1 amide bonds. The van der Waals surface area contributed by atoms with E-state index in [1.807, 2.05) is 6.92 Å². The molecule has 20 heavy (non-hydrogen) atoms. The molecule has 1 aromatic carbocycles. The number of sulfonamides is 1.